The van der Waals surface area contributed by atoms with E-state index >= 15 is 0 Å². The maximum Gasteiger partial charge on any atom is 0.157 e. The summed E-state index contributed by atoms with van der Waals surface area (Å²) in [7, 11) is 1.71. The molecule has 1 aromatic carbocycles. The third-order valence-corrected chi connectivity index (χ3v) is 6.23. The first kappa shape index (κ1) is 27.3. The van der Waals surface area contributed by atoms with Crippen LogP contribution in [0.5, 0.6) is 0 Å². The first-order valence-electron chi connectivity index (χ1n) is 12.2. The van der Waals surface area contributed by atoms with Crippen molar-refractivity contribution in [3.8, 4) is 0 Å². The highest BCUT2D eigenvalue weighted by molar-refractivity contribution is 5.81. The molecule has 194 valence electrons. The number of hydrogen-bond donors (Lipinski definition) is 4. The lowest BCUT2D eigenvalue weighted by Crippen LogP contribution is -2.31. The second kappa shape index (κ2) is 13.1. The van der Waals surface area contributed by atoms with E-state index in [0.29, 0.717) is 23.2 Å². The Bertz CT molecular complexity index is 1210. The summed E-state index contributed by atoms with van der Waals surface area (Å²) in [6.07, 6.45) is 6.52. The van der Waals surface area contributed by atoms with Gasteiger partial charge in [-0.2, -0.15) is 5.10 Å². The van der Waals surface area contributed by atoms with Gasteiger partial charge in [0, 0.05) is 37.8 Å². The number of aliphatic hydroxyl groups excluding tert-OH is 1. The van der Waals surface area contributed by atoms with Crippen molar-refractivity contribution < 1.29 is 18.6 Å². The number of anilines is 2. The van der Waals surface area contributed by atoms with Gasteiger partial charge in [0.2, 0.25) is 0 Å². The fourth-order valence-electron chi connectivity index (χ4n) is 3.83. The number of pyridine rings is 1. The molecule has 7 nitrogen and oxygen atoms in total. The molecule has 0 aliphatic heterocycles. The Morgan fingerprint density at radius 2 is 2.00 bits per heavy atom. The Morgan fingerprint density at radius 3 is 2.69 bits per heavy atom. The quantitative estimate of drug-likeness (QED) is 0.164. The topological polar surface area (TPSA) is 95.1 Å². The maximum absolute atomic E-state index is 14.0. The molecule has 9 heteroatoms. The minimum Gasteiger partial charge on any atom is -0.512 e. The zero-order valence-corrected chi connectivity index (χ0v) is 21.2. The minimum absolute atomic E-state index is 0.119. The van der Waals surface area contributed by atoms with Crippen molar-refractivity contribution in [1.82, 2.24) is 20.5 Å². The van der Waals surface area contributed by atoms with Crippen molar-refractivity contribution in [3.63, 3.8) is 0 Å². The van der Waals surface area contributed by atoms with Crippen LogP contribution in [0.1, 0.15) is 51.6 Å². The monoisotopic (exact) mass is 499 g/mol. The summed E-state index contributed by atoms with van der Waals surface area (Å²) in [6, 6.07) is 7.17. The molecular weight excluding hydrogens is 464 g/mol. The van der Waals surface area contributed by atoms with Crippen molar-refractivity contribution in [2.24, 2.45) is 0 Å². The Morgan fingerprint density at radius 1 is 1.19 bits per heavy atom. The number of aromatic amines is 1. The predicted octanol–water partition coefficient (Wildman–Crippen LogP) is 6.27. The van der Waals surface area contributed by atoms with E-state index in [-0.39, 0.29) is 17.4 Å². The number of halogens is 2. The van der Waals surface area contributed by atoms with Crippen molar-refractivity contribution in [3.05, 3.63) is 71.1 Å². The number of fused-ring (bicyclic) bond motifs is 1. The first-order chi connectivity index (χ1) is 17.4. The fourth-order valence-corrected chi connectivity index (χ4v) is 3.83. The molecule has 0 bridgehead atoms. The molecule has 2 atom stereocenters. The van der Waals surface area contributed by atoms with Crippen LogP contribution in [0.3, 0.4) is 0 Å². The van der Waals surface area contributed by atoms with Gasteiger partial charge >= 0.3 is 0 Å². The van der Waals surface area contributed by atoms with Crippen LogP contribution in [0.25, 0.3) is 11.0 Å². The molecule has 3 aromatic rings. The van der Waals surface area contributed by atoms with Gasteiger partial charge in [0.05, 0.1) is 17.3 Å². The van der Waals surface area contributed by atoms with Crippen LogP contribution >= 0.6 is 0 Å². The zero-order valence-electron chi connectivity index (χ0n) is 21.2. The lowest BCUT2D eigenvalue weighted by atomic mass is 10.0. The number of aliphatic hydroxyl groups is 1. The summed E-state index contributed by atoms with van der Waals surface area (Å²) < 4.78 is 32.3. The normalized spacial score (nSPS) is 14.3. The Balaban J connectivity index is 1.70. The zero-order chi connectivity index (χ0) is 26.1. The standard InChI is InChI=1S/C27H35F2N5O2/c1-5-18(16-30-20(6-2)13-14-36-4)7-11-24(35)17(3)26-21-9-12-25(32-27(21)34-33-26)31-23-10-8-19(28)15-22(23)29/h7-12,15,17,20,30,35H,5-6,13-14,16H2,1-4H3,(H2,31,32,33,34)/b18-7+,24-11+. The molecule has 36 heavy (non-hydrogen) atoms. The number of hydrogen-bond acceptors (Lipinski definition) is 6. The molecule has 0 fully saturated rings. The smallest absolute Gasteiger partial charge is 0.157 e. The number of ether oxygens (including phenoxy) is 1. The van der Waals surface area contributed by atoms with Gasteiger partial charge < -0.3 is 20.5 Å². The van der Waals surface area contributed by atoms with E-state index in [1.807, 2.05) is 13.0 Å². The van der Waals surface area contributed by atoms with E-state index in [0.717, 1.165) is 43.9 Å². The van der Waals surface area contributed by atoms with Gasteiger partial charge in [-0.1, -0.05) is 25.5 Å². The number of H-pyrrole nitrogens is 1. The lowest BCUT2D eigenvalue weighted by Gasteiger charge is -2.17. The maximum atomic E-state index is 14.0. The molecule has 3 rings (SSSR count). The van der Waals surface area contributed by atoms with Gasteiger partial charge in [0.15, 0.2) is 5.65 Å². The average Bonchev–Trinajstić information content (AvgIpc) is 3.30. The van der Waals surface area contributed by atoms with Gasteiger partial charge in [-0.15, -0.1) is 0 Å². The molecule has 0 radical (unpaired) electrons. The number of methoxy groups -OCH3 is 1. The number of nitrogens with zero attached hydrogens (tertiary/aromatic N) is 2. The van der Waals surface area contributed by atoms with E-state index in [2.05, 4.69) is 39.7 Å². The summed E-state index contributed by atoms with van der Waals surface area (Å²) in [5.41, 5.74) is 2.45. The molecule has 0 aliphatic carbocycles. The molecule has 0 amide bonds. The highest BCUT2D eigenvalue weighted by Gasteiger charge is 2.18. The molecule has 0 aliphatic rings. The van der Waals surface area contributed by atoms with Crippen molar-refractivity contribution in [2.45, 2.75) is 52.0 Å². The van der Waals surface area contributed by atoms with Crippen LogP contribution in [-0.2, 0) is 4.74 Å². The van der Waals surface area contributed by atoms with Crippen LogP contribution in [-0.4, -0.2) is 46.6 Å². The third-order valence-electron chi connectivity index (χ3n) is 6.23. The lowest BCUT2D eigenvalue weighted by molar-refractivity contribution is 0.182. The van der Waals surface area contributed by atoms with Gasteiger partial charge in [0.25, 0.3) is 0 Å². The first-order valence-corrected chi connectivity index (χ1v) is 12.2. The van der Waals surface area contributed by atoms with Crippen LogP contribution in [0.4, 0.5) is 20.3 Å². The Labute approximate surface area is 210 Å². The highest BCUT2D eigenvalue weighted by Crippen LogP contribution is 2.28. The molecule has 2 aromatic heterocycles. The Hall–Kier alpha value is -3.30. The minimum atomic E-state index is -0.708. The van der Waals surface area contributed by atoms with Crippen LogP contribution < -0.4 is 10.6 Å². The van der Waals surface area contributed by atoms with Gasteiger partial charge in [0.1, 0.15) is 23.2 Å². The van der Waals surface area contributed by atoms with Crippen molar-refractivity contribution in [1.29, 1.82) is 0 Å². The third kappa shape index (κ3) is 7.11. The fraction of sp³-hybridized carbons (Fsp3) is 0.407. The molecule has 2 unspecified atom stereocenters. The summed E-state index contributed by atoms with van der Waals surface area (Å²) in [5.74, 6) is -1.14. The highest BCUT2D eigenvalue weighted by atomic mass is 19.1. The van der Waals surface area contributed by atoms with Gasteiger partial charge in [-0.3, -0.25) is 5.10 Å². The largest absolute Gasteiger partial charge is 0.512 e. The molecular formula is C27H35F2N5O2. The predicted molar refractivity (Wildman–Crippen MR) is 140 cm³/mol. The summed E-state index contributed by atoms with van der Waals surface area (Å²) in [4.78, 5) is 4.43. The number of rotatable bonds is 13. The van der Waals surface area contributed by atoms with Crippen molar-refractivity contribution in [2.75, 3.05) is 25.6 Å². The van der Waals surface area contributed by atoms with Crippen LogP contribution in [0.15, 0.2) is 53.8 Å². The number of allylic oxidation sites excluding steroid dienone is 3. The van der Waals surface area contributed by atoms with Crippen molar-refractivity contribution >= 4 is 22.5 Å². The molecule has 0 saturated heterocycles. The van der Waals surface area contributed by atoms with E-state index in [1.54, 1.807) is 25.3 Å². The summed E-state index contributed by atoms with van der Waals surface area (Å²) in [6.45, 7) is 7.59. The summed E-state index contributed by atoms with van der Waals surface area (Å²) in [5, 5.41) is 25.1. The second-order valence-corrected chi connectivity index (χ2v) is 8.71. The van der Waals surface area contributed by atoms with E-state index < -0.39 is 11.6 Å². The summed E-state index contributed by atoms with van der Waals surface area (Å²) >= 11 is 0. The SMILES string of the molecule is CC/C(=C\C=C(\O)C(C)c1n[nH]c2nc(Nc3ccc(F)cc3F)ccc12)CNC(CC)CCOC. The molecule has 4 N–H and O–H groups in total. The number of nitrogens with one attached hydrogen (secondary N) is 3. The molecule has 2 heterocycles. The number of benzene rings is 1. The Kier molecular flexibility index (Phi) is 9.95. The van der Waals surface area contributed by atoms with Gasteiger partial charge in [-0.25, -0.2) is 13.8 Å². The molecule has 0 spiro atoms. The average molecular weight is 500 g/mol. The van der Waals surface area contributed by atoms with E-state index in [1.165, 1.54) is 17.7 Å². The van der Waals surface area contributed by atoms with Crippen LogP contribution in [0, 0.1) is 11.6 Å². The second-order valence-electron chi connectivity index (χ2n) is 8.71. The van der Waals surface area contributed by atoms with E-state index in [4.69, 9.17) is 4.74 Å². The molecule has 0 saturated carbocycles. The van der Waals surface area contributed by atoms with E-state index in [9.17, 15) is 13.9 Å². The number of aromatic nitrogens is 3. The van der Waals surface area contributed by atoms with Gasteiger partial charge in [-0.05, 0) is 56.5 Å². The van der Waals surface area contributed by atoms with Crippen LogP contribution in [0.2, 0.25) is 0 Å².